The molecule has 1 saturated heterocycles. The highest BCUT2D eigenvalue weighted by Gasteiger charge is 2.43. The Bertz CT molecular complexity index is 358. The third-order valence-electron chi connectivity index (χ3n) is 2.52. The second-order valence-electron chi connectivity index (χ2n) is 3.57. The van der Waals surface area contributed by atoms with Gasteiger partial charge in [-0.2, -0.15) is 5.10 Å². The number of hydrogen-bond acceptors (Lipinski definition) is 7. The Kier molecular flexibility index (Phi) is 3.17. The summed E-state index contributed by atoms with van der Waals surface area (Å²) in [5.41, 5.74) is 5.35. The highest BCUT2D eigenvalue weighted by molar-refractivity contribution is 4.90. The van der Waals surface area contributed by atoms with Gasteiger partial charge in [-0.25, -0.2) is 9.67 Å². The lowest BCUT2D eigenvalue weighted by molar-refractivity contribution is -0.0589. The number of aliphatic hydroxyl groups excluding tert-OH is 3. The molecule has 0 aromatic carbocycles. The van der Waals surface area contributed by atoms with Crippen LogP contribution in [0.25, 0.3) is 0 Å². The lowest BCUT2D eigenvalue weighted by Crippen LogP contribution is -2.33. The van der Waals surface area contributed by atoms with E-state index in [9.17, 15) is 10.2 Å². The first-order chi connectivity index (χ1) is 7.67. The molecule has 0 radical (unpaired) electrons. The third kappa shape index (κ3) is 1.81. The van der Waals surface area contributed by atoms with Gasteiger partial charge in [0, 0.05) is 0 Å². The van der Waals surface area contributed by atoms with Gasteiger partial charge in [-0.1, -0.05) is 0 Å². The molecule has 2 heterocycles. The minimum Gasteiger partial charge on any atom is -0.394 e. The molecular formula is C8H14N4O4. The number of aliphatic hydroxyl groups is 3. The molecule has 8 nitrogen and oxygen atoms in total. The highest BCUT2D eigenvalue weighted by atomic mass is 16.6. The maximum absolute atomic E-state index is 9.69. The summed E-state index contributed by atoms with van der Waals surface area (Å²) in [4.78, 5) is 3.88. The fourth-order valence-corrected chi connectivity index (χ4v) is 1.63. The first kappa shape index (κ1) is 11.4. The number of nitrogens with zero attached hydrogens (tertiary/aromatic N) is 3. The van der Waals surface area contributed by atoms with Gasteiger partial charge >= 0.3 is 0 Å². The van der Waals surface area contributed by atoms with E-state index in [-0.39, 0.29) is 13.2 Å². The third-order valence-corrected chi connectivity index (χ3v) is 2.52. The normalized spacial score (nSPS) is 34.5. The summed E-state index contributed by atoms with van der Waals surface area (Å²) in [7, 11) is 0. The molecule has 1 fully saturated rings. The summed E-state index contributed by atoms with van der Waals surface area (Å²) >= 11 is 0. The predicted molar refractivity (Wildman–Crippen MR) is 50.9 cm³/mol. The molecule has 1 aliphatic heterocycles. The van der Waals surface area contributed by atoms with Crippen molar-refractivity contribution in [2.45, 2.75) is 31.1 Å². The van der Waals surface area contributed by atoms with Gasteiger partial charge < -0.3 is 25.8 Å². The van der Waals surface area contributed by atoms with Crippen LogP contribution in [0, 0.1) is 0 Å². The van der Waals surface area contributed by atoms with Crippen molar-refractivity contribution in [1.29, 1.82) is 0 Å². The summed E-state index contributed by atoms with van der Waals surface area (Å²) in [6.07, 6.45) is -2.58. The average Bonchev–Trinajstić information content (AvgIpc) is 2.86. The first-order valence-electron chi connectivity index (χ1n) is 4.90. The van der Waals surface area contributed by atoms with E-state index >= 15 is 0 Å². The SMILES string of the molecule is NCc1ncn(C2OC(CO)C(O)C2O)n1. The molecule has 8 heteroatoms. The van der Waals surface area contributed by atoms with Gasteiger partial charge in [0.1, 0.15) is 24.6 Å². The fourth-order valence-electron chi connectivity index (χ4n) is 1.63. The van der Waals surface area contributed by atoms with E-state index in [1.165, 1.54) is 11.0 Å². The van der Waals surface area contributed by atoms with Crippen LogP contribution >= 0.6 is 0 Å². The molecule has 16 heavy (non-hydrogen) atoms. The summed E-state index contributed by atoms with van der Waals surface area (Å²) in [6, 6.07) is 0. The summed E-state index contributed by atoms with van der Waals surface area (Å²) in [5, 5.41) is 32.1. The van der Waals surface area contributed by atoms with Gasteiger partial charge in [0.05, 0.1) is 13.2 Å². The van der Waals surface area contributed by atoms with Crippen LogP contribution in [0.3, 0.4) is 0 Å². The van der Waals surface area contributed by atoms with E-state index in [0.29, 0.717) is 5.82 Å². The number of rotatable bonds is 3. The van der Waals surface area contributed by atoms with Crippen LogP contribution in [0.2, 0.25) is 0 Å². The second kappa shape index (κ2) is 4.44. The van der Waals surface area contributed by atoms with Crippen LogP contribution in [-0.4, -0.2) is 55.0 Å². The van der Waals surface area contributed by atoms with Crippen LogP contribution in [-0.2, 0) is 11.3 Å². The van der Waals surface area contributed by atoms with Gasteiger partial charge in [-0.15, -0.1) is 0 Å². The van der Waals surface area contributed by atoms with E-state index in [1.54, 1.807) is 0 Å². The zero-order chi connectivity index (χ0) is 11.7. The molecular weight excluding hydrogens is 216 g/mol. The first-order valence-corrected chi connectivity index (χ1v) is 4.90. The largest absolute Gasteiger partial charge is 0.394 e. The van der Waals surface area contributed by atoms with Crippen molar-refractivity contribution in [3.63, 3.8) is 0 Å². The zero-order valence-corrected chi connectivity index (χ0v) is 8.47. The summed E-state index contributed by atoms with van der Waals surface area (Å²) < 4.78 is 6.53. The van der Waals surface area contributed by atoms with E-state index in [0.717, 1.165) is 0 Å². The minimum atomic E-state index is -1.15. The van der Waals surface area contributed by atoms with Crippen LogP contribution in [0.15, 0.2) is 6.33 Å². The Hall–Kier alpha value is -1.06. The summed E-state index contributed by atoms with van der Waals surface area (Å²) in [6.45, 7) is -0.186. The van der Waals surface area contributed by atoms with Crippen LogP contribution < -0.4 is 5.73 Å². The Morgan fingerprint density at radius 3 is 2.69 bits per heavy atom. The van der Waals surface area contributed by atoms with Crippen molar-refractivity contribution >= 4 is 0 Å². The Morgan fingerprint density at radius 1 is 1.44 bits per heavy atom. The van der Waals surface area contributed by atoms with Crippen molar-refractivity contribution in [2.24, 2.45) is 5.73 Å². The van der Waals surface area contributed by atoms with Crippen LogP contribution in [0.5, 0.6) is 0 Å². The Morgan fingerprint density at radius 2 is 2.19 bits per heavy atom. The molecule has 0 saturated carbocycles. The number of hydrogen-bond donors (Lipinski definition) is 4. The topological polar surface area (TPSA) is 127 Å². The van der Waals surface area contributed by atoms with Crippen molar-refractivity contribution in [3.8, 4) is 0 Å². The van der Waals surface area contributed by atoms with Gasteiger partial charge in [0.15, 0.2) is 12.1 Å². The van der Waals surface area contributed by atoms with E-state index < -0.39 is 24.5 Å². The van der Waals surface area contributed by atoms with Gasteiger partial charge in [0.2, 0.25) is 0 Å². The van der Waals surface area contributed by atoms with E-state index in [4.69, 9.17) is 15.6 Å². The van der Waals surface area contributed by atoms with Crippen LogP contribution in [0.4, 0.5) is 0 Å². The van der Waals surface area contributed by atoms with Crippen molar-refractivity contribution in [3.05, 3.63) is 12.2 Å². The molecule has 4 unspecified atom stereocenters. The molecule has 90 valence electrons. The van der Waals surface area contributed by atoms with Crippen molar-refractivity contribution in [1.82, 2.24) is 14.8 Å². The standard InChI is InChI=1S/C8H14N4O4/c9-1-5-10-3-12(11-5)8-7(15)6(14)4(2-13)16-8/h3-4,6-8,13-15H,1-2,9H2. The molecule has 0 aliphatic carbocycles. The monoisotopic (exact) mass is 230 g/mol. The Balaban J connectivity index is 2.16. The molecule has 4 atom stereocenters. The number of ether oxygens (including phenoxy) is 1. The zero-order valence-electron chi connectivity index (χ0n) is 8.47. The molecule has 0 spiro atoms. The fraction of sp³-hybridized carbons (Fsp3) is 0.750. The molecule has 2 rings (SSSR count). The van der Waals surface area contributed by atoms with Crippen LogP contribution in [0.1, 0.15) is 12.1 Å². The lowest BCUT2D eigenvalue weighted by atomic mass is 10.1. The molecule has 1 aromatic rings. The number of aromatic nitrogens is 3. The smallest absolute Gasteiger partial charge is 0.180 e. The molecule has 0 bridgehead atoms. The van der Waals surface area contributed by atoms with Gasteiger partial charge in [0.25, 0.3) is 0 Å². The van der Waals surface area contributed by atoms with Crippen molar-refractivity contribution in [2.75, 3.05) is 6.61 Å². The van der Waals surface area contributed by atoms with Gasteiger partial charge in [-0.05, 0) is 0 Å². The maximum atomic E-state index is 9.69. The molecule has 1 aliphatic rings. The average molecular weight is 230 g/mol. The highest BCUT2D eigenvalue weighted by Crippen LogP contribution is 2.28. The Labute approximate surface area is 91.3 Å². The van der Waals surface area contributed by atoms with Gasteiger partial charge in [-0.3, -0.25) is 0 Å². The van der Waals surface area contributed by atoms with Crippen molar-refractivity contribution < 1.29 is 20.1 Å². The predicted octanol–water partition coefficient (Wildman–Crippen LogP) is -2.65. The minimum absolute atomic E-state index is 0.182. The molecule has 5 N–H and O–H groups in total. The van der Waals surface area contributed by atoms with E-state index in [2.05, 4.69) is 10.1 Å². The maximum Gasteiger partial charge on any atom is 0.180 e. The number of nitrogens with two attached hydrogens (primary N) is 1. The lowest BCUT2D eigenvalue weighted by Gasteiger charge is -2.13. The quantitative estimate of drug-likeness (QED) is 0.446. The molecule has 1 aromatic heterocycles. The second-order valence-corrected chi connectivity index (χ2v) is 3.57. The van der Waals surface area contributed by atoms with E-state index in [1.807, 2.05) is 0 Å². The molecule has 0 amide bonds. The summed E-state index contributed by atoms with van der Waals surface area (Å²) in [5.74, 6) is 0.415.